The fourth-order valence-corrected chi connectivity index (χ4v) is 3.30. The summed E-state index contributed by atoms with van der Waals surface area (Å²) in [4.78, 5) is 11.4. The number of carboxylic acids is 1. The van der Waals surface area contributed by atoms with Crippen LogP contribution in [0.3, 0.4) is 0 Å². The van der Waals surface area contributed by atoms with Crippen LogP contribution >= 0.6 is 11.8 Å². The molecule has 1 aromatic rings. The van der Waals surface area contributed by atoms with Gasteiger partial charge in [0.15, 0.2) is 0 Å². The highest BCUT2D eigenvalue weighted by atomic mass is 32.2. The van der Waals surface area contributed by atoms with Crippen molar-refractivity contribution in [2.24, 2.45) is 0 Å². The first-order valence-corrected chi connectivity index (χ1v) is 10.8. The van der Waals surface area contributed by atoms with Gasteiger partial charge >= 0.3 is 5.97 Å². The van der Waals surface area contributed by atoms with Crippen molar-refractivity contribution < 1.29 is 34.7 Å². The van der Waals surface area contributed by atoms with Crippen molar-refractivity contribution in [1.29, 1.82) is 0 Å². The number of hydrogen-bond acceptors (Lipinski definition) is 8. The summed E-state index contributed by atoms with van der Waals surface area (Å²) in [5.41, 5.74) is 0.597. The number of ether oxygens (including phenoxy) is 2. The quantitative estimate of drug-likeness (QED) is 0.192. The third kappa shape index (κ3) is 12.2. The molecule has 4 atom stereocenters. The van der Waals surface area contributed by atoms with E-state index < -0.39 is 30.4 Å². The van der Waals surface area contributed by atoms with E-state index in [1.807, 2.05) is 19.9 Å². The topological polar surface area (TPSA) is 128 Å². The normalized spacial score (nSPS) is 15.8. The van der Waals surface area contributed by atoms with E-state index in [0.717, 1.165) is 0 Å². The number of aliphatic hydroxyl groups excluding tert-OH is 3. The van der Waals surface area contributed by atoms with E-state index in [4.69, 9.17) is 9.47 Å². The van der Waals surface area contributed by atoms with Crippen molar-refractivity contribution in [3.8, 4) is 0 Å². The second-order valence-electron chi connectivity index (χ2n) is 6.96. The fourth-order valence-electron chi connectivity index (χ4n) is 2.36. The molecule has 0 aliphatic carbocycles. The van der Waals surface area contributed by atoms with Crippen LogP contribution in [0.15, 0.2) is 30.3 Å². The molecule has 0 bridgehead atoms. The van der Waals surface area contributed by atoms with Gasteiger partial charge < -0.3 is 29.9 Å². The molecule has 0 radical (unpaired) electrons. The van der Waals surface area contributed by atoms with Crippen LogP contribution in [0.2, 0.25) is 0 Å². The van der Waals surface area contributed by atoms with Gasteiger partial charge in [-0.05, 0) is 31.6 Å². The Morgan fingerprint density at radius 2 is 1.72 bits per heavy atom. The minimum Gasteiger partial charge on any atom is -0.480 e. The van der Waals surface area contributed by atoms with Gasteiger partial charge in [-0.1, -0.05) is 30.3 Å². The number of nitrogens with one attached hydrogen (secondary N) is 1. The van der Waals surface area contributed by atoms with Crippen LogP contribution in [0.5, 0.6) is 0 Å². The largest absolute Gasteiger partial charge is 0.480 e. The lowest BCUT2D eigenvalue weighted by atomic mass is 10.1. The Hall–Kier alpha value is -1.20. The van der Waals surface area contributed by atoms with Crippen molar-refractivity contribution in [2.45, 2.75) is 50.8 Å². The second-order valence-corrected chi connectivity index (χ2v) is 8.11. The molecule has 0 heterocycles. The van der Waals surface area contributed by atoms with Crippen LogP contribution in [0, 0.1) is 0 Å². The van der Waals surface area contributed by atoms with Gasteiger partial charge in [0.1, 0.15) is 18.4 Å². The van der Waals surface area contributed by atoms with Gasteiger partial charge in [-0.25, -0.2) is 0 Å². The summed E-state index contributed by atoms with van der Waals surface area (Å²) in [5.74, 6) is -0.165. The fraction of sp³-hybridized carbons (Fsp3) is 0.650. The Morgan fingerprint density at radius 1 is 1.07 bits per heavy atom. The van der Waals surface area contributed by atoms with Crippen LogP contribution in [0.25, 0.3) is 0 Å². The van der Waals surface area contributed by atoms with Gasteiger partial charge in [-0.2, -0.15) is 11.8 Å². The summed E-state index contributed by atoms with van der Waals surface area (Å²) >= 11 is 1.40. The minimum absolute atomic E-state index is 0.0320. The van der Waals surface area contributed by atoms with Gasteiger partial charge in [0.25, 0.3) is 0 Å². The van der Waals surface area contributed by atoms with E-state index in [1.54, 1.807) is 24.3 Å². The third-order valence-electron chi connectivity index (χ3n) is 3.88. The average molecular weight is 432 g/mol. The molecule has 166 valence electrons. The third-order valence-corrected chi connectivity index (χ3v) is 5.02. The average Bonchev–Trinajstić information content (AvgIpc) is 2.69. The number of rotatable bonds is 16. The van der Waals surface area contributed by atoms with Crippen LogP contribution in [0.1, 0.15) is 32.1 Å². The molecule has 1 rings (SSSR count). The number of hydrogen-bond donors (Lipinski definition) is 5. The minimum atomic E-state index is -1.06. The molecule has 1 aromatic carbocycles. The van der Waals surface area contributed by atoms with Crippen molar-refractivity contribution >= 4 is 17.7 Å². The van der Waals surface area contributed by atoms with Gasteiger partial charge in [-0.15, -0.1) is 0 Å². The molecule has 0 aromatic heterocycles. The molecule has 8 nitrogen and oxygen atoms in total. The van der Waals surface area contributed by atoms with Gasteiger partial charge in [0.05, 0.1) is 32.0 Å². The maximum Gasteiger partial charge on any atom is 0.320 e. The molecule has 9 heteroatoms. The molecular formula is C20H33NO7S. The summed E-state index contributed by atoms with van der Waals surface area (Å²) < 4.78 is 10.5. The highest BCUT2D eigenvalue weighted by molar-refractivity contribution is 7.99. The number of aliphatic carboxylic acids is 1. The first kappa shape index (κ1) is 25.8. The lowest BCUT2D eigenvalue weighted by Gasteiger charge is -2.20. The highest BCUT2D eigenvalue weighted by Crippen LogP contribution is 2.13. The predicted molar refractivity (Wildman–Crippen MR) is 112 cm³/mol. The van der Waals surface area contributed by atoms with Crippen molar-refractivity contribution in [2.75, 3.05) is 31.3 Å². The monoisotopic (exact) mass is 431 g/mol. The van der Waals surface area contributed by atoms with Crippen LogP contribution in [0.4, 0.5) is 0 Å². The SMILES string of the molecule is CC(C)OCC(O)COCC(O)CSCCC(NC(O)c1ccccc1)C(=O)O. The maximum atomic E-state index is 11.4. The van der Waals surface area contributed by atoms with E-state index in [2.05, 4.69) is 5.32 Å². The molecule has 0 aliphatic rings. The zero-order valence-electron chi connectivity index (χ0n) is 16.9. The molecule has 0 spiro atoms. The Kier molecular flexibility index (Phi) is 13.1. The van der Waals surface area contributed by atoms with Gasteiger partial charge in [0.2, 0.25) is 0 Å². The molecule has 0 saturated heterocycles. The second kappa shape index (κ2) is 14.7. The van der Waals surface area contributed by atoms with E-state index in [9.17, 15) is 25.2 Å². The Labute approximate surface area is 176 Å². The zero-order valence-corrected chi connectivity index (χ0v) is 17.8. The number of aliphatic hydroxyl groups is 3. The first-order valence-electron chi connectivity index (χ1n) is 9.64. The molecule has 0 saturated carbocycles. The molecule has 29 heavy (non-hydrogen) atoms. The summed E-state index contributed by atoms with van der Waals surface area (Å²) in [6.07, 6.45) is -2.19. The predicted octanol–water partition coefficient (Wildman–Crippen LogP) is 1.01. The summed E-state index contributed by atoms with van der Waals surface area (Å²) in [5, 5.41) is 41.8. The standard InChI is InChI=1S/C20H33NO7S/c1-14(2)28-12-16(22)10-27-11-17(23)13-29-9-8-18(20(25)26)21-19(24)15-6-4-3-5-7-15/h3-7,14,16-19,21-24H,8-13H2,1-2H3,(H,25,26). The van der Waals surface area contributed by atoms with Crippen LogP contribution in [-0.2, 0) is 14.3 Å². The number of carboxylic acid groups (broad SMARTS) is 1. The van der Waals surface area contributed by atoms with Crippen molar-refractivity contribution in [3.63, 3.8) is 0 Å². The van der Waals surface area contributed by atoms with E-state index in [1.165, 1.54) is 11.8 Å². The molecule has 4 unspecified atom stereocenters. The van der Waals surface area contributed by atoms with Crippen molar-refractivity contribution in [1.82, 2.24) is 5.32 Å². The maximum absolute atomic E-state index is 11.4. The Balaban J connectivity index is 2.20. The summed E-state index contributed by atoms with van der Waals surface area (Å²) in [7, 11) is 0. The molecule has 0 amide bonds. The highest BCUT2D eigenvalue weighted by Gasteiger charge is 2.21. The smallest absolute Gasteiger partial charge is 0.320 e. The van der Waals surface area contributed by atoms with Gasteiger partial charge in [-0.3, -0.25) is 10.1 Å². The van der Waals surface area contributed by atoms with Crippen molar-refractivity contribution in [3.05, 3.63) is 35.9 Å². The van der Waals surface area contributed by atoms with E-state index in [-0.39, 0.29) is 25.9 Å². The van der Waals surface area contributed by atoms with E-state index >= 15 is 0 Å². The van der Waals surface area contributed by atoms with Crippen LogP contribution < -0.4 is 5.32 Å². The van der Waals surface area contributed by atoms with Crippen LogP contribution in [-0.4, -0.2) is 82.1 Å². The number of carbonyl (C=O) groups is 1. The Morgan fingerprint density at radius 3 is 2.34 bits per heavy atom. The Bertz CT molecular complexity index is 561. The lowest BCUT2D eigenvalue weighted by molar-refractivity contribution is -0.140. The zero-order chi connectivity index (χ0) is 21.6. The molecule has 5 N–H and O–H groups in total. The molecule has 0 aliphatic heterocycles. The van der Waals surface area contributed by atoms with E-state index in [0.29, 0.717) is 23.5 Å². The molecular weight excluding hydrogens is 398 g/mol. The number of benzene rings is 1. The first-order chi connectivity index (χ1) is 13.8. The lowest BCUT2D eigenvalue weighted by Crippen LogP contribution is -2.39. The van der Waals surface area contributed by atoms with Gasteiger partial charge in [0, 0.05) is 5.75 Å². The summed E-state index contributed by atoms with van der Waals surface area (Å²) in [6.45, 7) is 4.10. The summed E-state index contributed by atoms with van der Waals surface area (Å²) in [6, 6.07) is 7.89. The number of thioether (sulfide) groups is 1. The molecule has 0 fully saturated rings.